The average Bonchev–Trinajstić information content (AvgIpc) is 2.20. The predicted octanol–water partition coefficient (Wildman–Crippen LogP) is 3.00. The molecule has 0 aromatic heterocycles. The maximum absolute atomic E-state index is 11.0. The van der Waals surface area contributed by atoms with Crippen molar-refractivity contribution in [2.75, 3.05) is 6.61 Å². The normalized spacial score (nSPS) is 9.80. The molecule has 15 heavy (non-hydrogen) atoms. The lowest BCUT2D eigenvalue weighted by Gasteiger charge is -2.06. The molecule has 0 aliphatic carbocycles. The number of carbonyl (C=O) groups is 1. The number of halogens is 1. The molecule has 0 saturated carbocycles. The highest BCUT2D eigenvalue weighted by Crippen LogP contribution is 2.16. The van der Waals surface area contributed by atoms with Crippen LogP contribution in [0.15, 0.2) is 22.7 Å². The quantitative estimate of drug-likeness (QED) is 0.918. The molecule has 0 atom stereocenters. The van der Waals surface area contributed by atoms with Gasteiger partial charge < -0.3 is 10.1 Å². The second-order valence-corrected chi connectivity index (χ2v) is 4.01. The van der Waals surface area contributed by atoms with E-state index >= 15 is 0 Å². The first-order valence-electron chi connectivity index (χ1n) is 4.79. The van der Waals surface area contributed by atoms with Gasteiger partial charge in [-0.05, 0) is 31.0 Å². The van der Waals surface area contributed by atoms with Gasteiger partial charge in [0, 0.05) is 11.0 Å². The Labute approximate surface area is 97.9 Å². The molecule has 3 nitrogen and oxygen atoms in total. The zero-order valence-electron chi connectivity index (χ0n) is 8.84. The number of benzene rings is 1. The smallest absolute Gasteiger partial charge is 0.407 e. The van der Waals surface area contributed by atoms with Crippen molar-refractivity contribution in [2.24, 2.45) is 0 Å². The fourth-order valence-corrected chi connectivity index (χ4v) is 1.42. The first kappa shape index (κ1) is 12.0. The van der Waals surface area contributed by atoms with E-state index < -0.39 is 0 Å². The van der Waals surface area contributed by atoms with E-state index in [1.807, 2.05) is 25.1 Å². The van der Waals surface area contributed by atoms with E-state index in [0.717, 1.165) is 15.6 Å². The Morgan fingerprint density at radius 3 is 2.87 bits per heavy atom. The van der Waals surface area contributed by atoms with Crippen LogP contribution in [-0.2, 0) is 11.3 Å². The number of aryl methyl sites for hydroxylation is 1. The van der Waals surface area contributed by atoms with Crippen LogP contribution in [-0.4, -0.2) is 12.7 Å². The summed E-state index contributed by atoms with van der Waals surface area (Å²) in [6.45, 7) is 4.68. The number of rotatable bonds is 3. The summed E-state index contributed by atoms with van der Waals surface area (Å²) in [7, 11) is 0. The number of amides is 1. The number of ether oxygens (including phenoxy) is 1. The second kappa shape index (κ2) is 5.75. The van der Waals surface area contributed by atoms with Gasteiger partial charge in [0.05, 0.1) is 6.61 Å². The maximum atomic E-state index is 11.0. The number of nitrogens with one attached hydrogen (secondary N) is 1. The molecule has 1 aromatic rings. The lowest BCUT2D eigenvalue weighted by Crippen LogP contribution is -2.23. The van der Waals surface area contributed by atoms with E-state index in [1.165, 1.54) is 0 Å². The van der Waals surface area contributed by atoms with Gasteiger partial charge in [0.15, 0.2) is 0 Å². The molecular weight excluding hydrogens is 258 g/mol. The highest BCUT2D eigenvalue weighted by molar-refractivity contribution is 9.10. The zero-order chi connectivity index (χ0) is 11.3. The van der Waals surface area contributed by atoms with Crippen LogP contribution in [0.2, 0.25) is 0 Å². The number of carbonyl (C=O) groups excluding carboxylic acids is 1. The molecule has 0 fully saturated rings. The molecule has 82 valence electrons. The standard InChI is InChI=1S/C11H14BrNO2/c1-3-15-11(14)13-7-9-4-5-10(12)8(2)6-9/h4-6H,3,7H2,1-2H3,(H,13,14). The number of alkyl carbamates (subject to hydrolysis) is 1. The summed E-state index contributed by atoms with van der Waals surface area (Å²) >= 11 is 3.42. The van der Waals surface area contributed by atoms with Gasteiger partial charge in [-0.25, -0.2) is 4.79 Å². The minimum Gasteiger partial charge on any atom is -0.450 e. The second-order valence-electron chi connectivity index (χ2n) is 3.16. The topological polar surface area (TPSA) is 38.3 Å². The predicted molar refractivity (Wildman–Crippen MR) is 62.7 cm³/mol. The Kier molecular flexibility index (Phi) is 4.62. The van der Waals surface area contributed by atoms with Crippen LogP contribution < -0.4 is 5.32 Å². The van der Waals surface area contributed by atoms with Gasteiger partial charge in [0.1, 0.15) is 0 Å². The molecule has 0 spiro atoms. The van der Waals surface area contributed by atoms with Crippen molar-refractivity contribution in [2.45, 2.75) is 20.4 Å². The van der Waals surface area contributed by atoms with Crippen LogP contribution in [0.5, 0.6) is 0 Å². The molecule has 0 radical (unpaired) electrons. The van der Waals surface area contributed by atoms with Crippen molar-refractivity contribution in [3.05, 3.63) is 33.8 Å². The molecular formula is C11H14BrNO2. The molecule has 0 bridgehead atoms. The third kappa shape index (κ3) is 3.91. The van der Waals surface area contributed by atoms with Gasteiger partial charge in [-0.1, -0.05) is 28.1 Å². The zero-order valence-corrected chi connectivity index (χ0v) is 10.4. The summed E-state index contributed by atoms with van der Waals surface area (Å²) in [6, 6.07) is 5.96. The van der Waals surface area contributed by atoms with Crippen LogP contribution in [0.3, 0.4) is 0 Å². The third-order valence-electron chi connectivity index (χ3n) is 1.93. The van der Waals surface area contributed by atoms with E-state index in [1.54, 1.807) is 6.92 Å². The number of hydrogen-bond acceptors (Lipinski definition) is 2. The third-order valence-corrected chi connectivity index (χ3v) is 2.82. The molecule has 1 rings (SSSR count). The Hall–Kier alpha value is -1.03. The monoisotopic (exact) mass is 271 g/mol. The Balaban J connectivity index is 2.51. The highest BCUT2D eigenvalue weighted by atomic mass is 79.9. The van der Waals surface area contributed by atoms with Crippen LogP contribution >= 0.6 is 15.9 Å². The van der Waals surface area contributed by atoms with Gasteiger partial charge in [0.25, 0.3) is 0 Å². The van der Waals surface area contributed by atoms with Crippen LogP contribution in [0.25, 0.3) is 0 Å². The van der Waals surface area contributed by atoms with Gasteiger partial charge in [-0.2, -0.15) is 0 Å². The van der Waals surface area contributed by atoms with Crippen LogP contribution in [0, 0.1) is 6.92 Å². The van der Waals surface area contributed by atoms with E-state index in [9.17, 15) is 4.79 Å². The molecule has 0 unspecified atom stereocenters. The molecule has 1 aromatic carbocycles. The minimum absolute atomic E-state index is 0.377. The maximum Gasteiger partial charge on any atom is 0.407 e. The first-order chi connectivity index (χ1) is 7.13. The Morgan fingerprint density at radius 2 is 2.27 bits per heavy atom. The average molecular weight is 272 g/mol. The van der Waals surface area contributed by atoms with Gasteiger partial charge in [-0.15, -0.1) is 0 Å². The lowest BCUT2D eigenvalue weighted by molar-refractivity contribution is 0.151. The Bertz CT molecular complexity index is 352. The van der Waals surface area contributed by atoms with Gasteiger partial charge >= 0.3 is 6.09 Å². The summed E-state index contributed by atoms with van der Waals surface area (Å²) < 4.78 is 5.83. The first-order valence-corrected chi connectivity index (χ1v) is 5.58. The highest BCUT2D eigenvalue weighted by Gasteiger charge is 2.01. The molecule has 4 heteroatoms. The van der Waals surface area contributed by atoms with Gasteiger partial charge in [0.2, 0.25) is 0 Å². The summed E-state index contributed by atoms with van der Waals surface area (Å²) in [5.74, 6) is 0. The molecule has 0 aliphatic rings. The number of hydrogen-bond donors (Lipinski definition) is 1. The van der Waals surface area contributed by atoms with E-state index in [2.05, 4.69) is 21.2 Å². The largest absolute Gasteiger partial charge is 0.450 e. The van der Waals surface area contributed by atoms with E-state index in [4.69, 9.17) is 4.74 Å². The molecule has 0 heterocycles. The van der Waals surface area contributed by atoms with Crippen molar-refractivity contribution in [3.8, 4) is 0 Å². The molecule has 0 saturated heterocycles. The Morgan fingerprint density at radius 1 is 1.53 bits per heavy atom. The lowest BCUT2D eigenvalue weighted by atomic mass is 10.1. The van der Waals surface area contributed by atoms with Crippen molar-refractivity contribution in [1.82, 2.24) is 5.32 Å². The SMILES string of the molecule is CCOC(=O)NCc1ccc(Br)c(C)c1. The van der Waals surface area contributed by atoms with Crippen molar-refractivity contribution in [1.29, 1.82) is 0 Å². The van der Waals surface area contributed by atoms with Crippen molar-refractivity contribution in [3.63, 3.8) is 0 Å². The van der Waals surface area contributed by atoms with E-state index in [0.29, 0.717) is 13.2 Å². The van der Waals surface area contributed by atoms with Crippen LogP contribution in [0.4, 0.5) is 4.79 Å². The molecule has 1 amide bonds. The fourth-order valence-electron chi connectivity index (χ4n) is 1.17. The summed E-state index contributed by atoms with van der Waals surface area (Å²) in [5.41, 5.74) is 2.21. The van der Waals surface area contributed by atoms with Crippen LogP contribution in [0.1, 0.15) is 18.1 Å². The molecule has 0 aliphatic heterocycles. The van der Waals surface area contributed by atoms with Crippen molar-refractivity contribution >= 4 is 22.0 Å². The van der Waals surface area contributed by atoms with Gasteiger partial charge in [-0.3, -0.25) is 0 Å². The summed E-state index contributed by atoms with van der Waals surface area (Å²) in [5, 5.41) is 2.67. The summed E-state index contributed by atoms with van der Waals surface area (Å²) in [6.07, 6.45) is -0.377. The fraction of sp³-hybridized carbons (Fsp3) is 0.364. The minimum atomic E-state index is -0.377. The summed E-state index contributed by atoms with van der Waals surface area (Å²) in [4.78, 5) is 11.0. The van der Waals surface area contributed by atoms with Crippen molar-refractivity contribution < 1.29 is 9.53 Å². The van der Waals surface area contributed by atoms with E-state index in [-0.39, 0.29) is 6.09 Å². The molecule has 1 N–H and O–H groups in total.